The Morgan fingerprint density at radius 3 is 1.88 bits per heavy atom. The Morgan fingerprint density at radius 1 is 1.25 bits per heavy atom. The Labute approximate surface area is 123 Å². The molecule has 0 aromatic rings. The zero-order chi connectivity index (χ0) is 12.5. The summed E-state index contributed by atoms with van der Waals surface area (Å²) in [6.07, 6.45) is 2.16. The van der Waals surface area contributed by atoms with Gasteiger partial charge < -0.3 is 31.3 Å². The molecule has 0 aliphatic rings. The molecular weight excluding hydrogens is 267 g/mol. The maximum atomic E-state index is 10.1. The SMILES string of the molecule is NCCCCC(N)C(=O)O.O=P(O)(O)O.[CaH2]. The fraction of sp³-hybridized carbons (Fsp3) is 0.833. The Morgan fingerprint density at radius 2 is 1.62 bits per heavy atom. The van der Waals surface area contributed by atoms with Gasteiger partial charge in [-0.25, -0.2) is 4.57 Å². The molecule has 0 aliphatic heterocycles. The van der Waals surface area contributed by atoms with E-state index in [1.54, 1.807) is 0 Å². The normalized spacial score (nSPS) is 11.8. The van der Waals surface area contributed by atoms with E-state index in [0.29, 0.717) is 13.0 Å². The molecule has 0 aliphatic carbocycles. The zero-order valence-corrected chi connectivity index (χ0v) is 9.01. The van der Waals surface area contributed by atoms with Crippen LogP contribution < -0.4 is 11.5 Å². The van der Waals surface area contributed by atoms with Gasteiger partial charge in [0.15, 0.2) is 0 Å². The van der Waals surface area contributed by atoms with Crippen LogP contribution in [0.3, 0.4) is 0 Å². The van der Waals surface area contributed by atoms with Crippen LogP contribution in [0.5, 0.6) is 0 Å². The summed E-state index contributed by atoms with van der Waals surface area (Å²) in [6, 6.07) is -0.716. The molecule has 0 amide bonds. The second-order valence-corrected chi connectivity index (χ2v) is 3.77. The number of carbonyl (C=O) groups is 1. The summed E-state index contributed by atoms with van der Waals surface area (Å²) < 4.78 is 8.88. The van der Waals surface area contributed by atoms with Crippen LogP contribution >= 0.6 is 7.82 Å². The van der Waals surface area contributed by atoms with E-state index in [2.05, 4.69) is 0 Å². The van der Waals surface area contributed by atoms with Gasteiger partial charge in [0.1, 0.15) is 6.04 Å². The van der Waals surface area contributed by atoms with Gasteiger partial charge in [-0.2, -0.15) is 0 Å². The minimum absolute atomic E-state index is 0. The van der Waals surface area contributed by atoms with Crippen molar-refractivity contribution in [2.24, 2.45) is 11.5 Å². The number of carboxylic acids is 1. The van der Waals surface area contributed by atoms with E-state index in [1.165, 1.54) is 0 Å². The number of hydrogen-bond donors (Lipinski definition) is 6. The average molecular weight is 286 g/mol. The predicted octanol–water partition coefficient (Wildman–Crippen LogP) is -2.32. The number of phosphoric acid groups is 1. The van der Waals surface area contributed by atoms with Crippen LogP contribution in [0.4, 0.5) is 0 Å². The Hall–Kier alpha value is 0.760. The van der Waals surface area contributed by atoms with Crippen molar-refractivity contribution in [2.45, 2.75) is 25.3 Å². The van der Waals surface area contributed by atoms with Gasteiger partial charge in [0.25, 0.3) is 0 Å². The van der Waals surface area contributed by atoms with Crippen LogP contribution in [0.2, 0.25) is 0 Å². The Balaban J connectivity index is -0.000000242. The molecule has 0 saturated heterocycles. The Kier molecular flexibility index (Phi) is 16.8. The topological polar surface area (TPSA) is 167 Å². The maximum absolute atomic E-state index is 10.1. The first-order chi connectivity index (χ1) is 6.68. The van der Waals surface area contributed by atoms with Crippen molar-refractivity contribution in [1.82, 2.24) is 0 Å². The number of nitrogens with two attached hydrogens (primary N) is 2. The molecule has 96 valence electrons. The molecular formula is C6H19CaN2O6P. The molecule has 8 nitrogen and oxygen atoms in total. The molecule has 0 spiro atoms. The molecule has 0 aromatic carbocycles. The molecule has 0 fully saturated rings. The molecule has 1 atom stereocenters. The zero-order valence-electron chi connectivity index (χ0n) is 8.11. The van der Waals surface area contributed by atoms with Crippen LogP contribution in [0, 0.1) is 0 Å². The molecule has 0 saturated carbocycles. The third kappa shape index (κ3) is 29.3. The summed E-state index contributed by atoms with van der Waals surface area (Å²) in [6.45, 7) is 0.604. The van der Waals surface area contributed by atoms with E-state index < -0.39 is 19.8 Å². The molecule has 0 radical (unpaired) electrons. The summed E-state index contributed by atoms with van der Waals surface area (Å²) in [4.78, 5) is 31.7. The first-order valence-corrected chi connectivity index (χ1v) is 5.71. The summed E-state index contributed by atoms with van der Waals surface area (Å²) in [7, 11) is -4.64. The van der Waals surface area contributed by atoms with Gasteiger partial charge in [0, 0.05) is 0 Å². The van der Waals surface area contributed by atoms with Crippen LogP contribution in [-0.4, -0.2) is 76.1 Å². The molecule has 0 heterocycles. The van der Waals surface area contributed by atoms with Gasteiger partial charge in [-0.15, -0.1) is 0 Å². The number of aliphatic carboxylic acids is 1. The monoisotopic (exact) mass is 286 g/mol. The second-order valence-electron chi connectivity index (χ2n) is 2.74. The third-order valence-electron chi connectivity index (χ3n) is 1.29. The van der Waals surface area contributed by atoms with Crippen molar-refractivity contribution < 1.29 is 29.1 Å². The van der Waals surface area contributed by atoms with Gasteiger partial charge in [-0.1, -0.05) is 6.42 Å². The van der Waals surface area contributed by atoms with Gasteiger partial charge in [-0.05, 0) is 19.4 Å². The van der Waals surface area contributed by atoms with E-state index in [0.717, 1.165) is 12.8 Å². The third-order valence-corrected chi connectivity index (χ3v) is 1.29. The summed E-state index contributed by atoms with van der Waals surface area (Å²) in [5, 5.41) is 8.33. The van der Waals surface area contributed by atoms with E-state index in [-0.39, 0.29) is 37.7 Å². The molecule has 0 bridgehead atoms. The van der Waals surface area contributed by atoms with E-state index >= 15 is 0 Å². The molecule has 1 unspecified atom stereocenters. The molecule has 16 heavy (non-hydrogen) atoms. The summed E-state index contributed by atoms with van der Waals surface area (Å²) in [5.74, 6) is -0.933. The number of hydrogen-bond acceptors (Lipinski definition) is 4. The summed E-state index contributed by atoms with van der Waals surface area (Å²) in [5.41, 5.74) is 10.4. The quantitative estimate of drug-likeness (QED) is 0.186. The molecule has 10 heteroatoms. The second kappa shape index (κ2) is 12.2. The first kappa shape index (κ1) is 22.0. The fourth-order valence-electron chi connectivity index (χ4n) is 0.632. The van der Waals surface area contributed by atoms with Gasteiger partial charge >= 0.3 is 51.5 Å². The van der Waals surface area contributed by atoms with Crippen LogP contribution in [0.1, 0.15) is 19.3 Å². The number of carboxylic acid groups (broad SMARTS) is 1. The van der Waals surface area contributed by atoms with Gasteiger partial charge in [0.2, 0.25) is 0 Å². The standard InChI is InChI=1S/C6H14N2O2.Ca.H3O4P.2H/c7-4-2-1-3-5(8)6(9)10;;1-5(2,3)4;;/h5H,1-4,7-8H2,(H,9,10);;(H3,1,2,3,4);;. The van der Waals surface area contributed by atoms with Crippen LogP contribution in [-0.2, 0) is 9.36 Å². The van der Waals surface area contributed by atoms with Crippen LogP contribution in [0.25, 0.3) is 0 Å². The Bertz CT molecular complexity index is 215. The van der Waals surface area contributed by atoms with Gasteiger partial charge in [0.05, 0.1) is 0 Å². The van der Waals surface area contributed by atoms with Crippen molar-refractivity contribution in [2.75, 3.05) is 6.54 Å². The molecule has 0 rings (SSSR count). The average Bonchev–Trinajstić information content (AvgIpc) is 2.01. The van der Waals surface area contributed by atoms with E-state index in [4.69, 9.17) is 35.8 Å². The number of unbranched alkanes of at least 4 members (excludes halogenated alkanes) is 1. The van der Waals surface area contributed by atoms with E-state index in [1.807, 2.05) is 0 Å². The van der Waals surface area contributed by atoms with Crippen molar-refractivity contribution in [1.29, 1.82) is 0 Å². The van der Waals surface area contributed by atoms with Crippen molar-refractivity contribution >= 4 is 51.5 Å². The van der Waals surface area contributed by atoms with Gasteiger partial charge in [-0.3, -0.25) is 4.79 Å². The summed E-state index contributed by atoms with van der Waals surface area (Å²) >= 11 is 0. The first-order valence-electron chi connectivity index (χ1n) is 4.15. The van der Waals surface area contributed by atoms with E-state index in [9.17, 15) is 4.79 Å². The number of rotatable bonds is 5. The van der Waals surface area contributed by atoms with Crippen molar-refractivity contribution in [3.8, 4) is 0 Å². The van der Waals surface area contributed by atoms with Crippen molar-refractivity contribution in [3.63, 3.8) is 0 Å². The van der Waals surface area contributed by atoms with Crippen molar-refractivity contribution in [3.05, 3.63) is 0 Å². The molecule has 8 N–H and O–H groups in total. The molecule has 0 aromatic heterocycles. The fourth-order valence-corrected chi connectivity index (χ4v) is 0.632. The van der Waals surface area contributed by atoms with Crippen LogP contribution in [0.15, 0.2) is 0 Å². The minimum atomic E-state index is -4.64. The predicted molar refractivity (Wildman–Crippen MR) is 61.3 cm³/mol.